The third-order valence-corrected chi connectivity index (χ3v) is 3.34. The minimum atomic E-state index is 0.370. The first-order chi connectivity index (χ1) is 7.20. The Morgan fingerprint density at radius 3 is 2.80 bits per heavy atom. The molecular weight excluding hydrogens is 206 g/mol. The second kappa shape index (κ2) is 4.03. The van der Waals surface area contributed by atoms with Crippen molar-refractivity contribution < 1.29 is 5.11 Å². The second-order valence-electron chi connectivity index (χ2n) is 3.49. The van der Waals surface area contributed by atoms with Gasteiger partial charge in [-0.15, -0.1) is 11.3 Å². The number of thiazole rings is 1. The van der Waals surface area contributed by atoms with E-state index in [1.807, 2.05) is 31.4 Å². The molecule has 0 aliphatic carbocycles. The normalized spacial score (nSPS) is 10.5. The quantitative estimate of drug-likeness (QED) is 0.839. The minimum Gasteiger partial charge on any atom is -0.508 e. The molecule has 2 nitrogen and oxygen atoms in total. The Morgan fingerprint density at radius 1 is 1.40 bits per heavy atom. The largest absolute Gasteiger partial charge is 0.508 e. The summed E-state index contributed by atoms with van der Waals surface area (Å²) in [5, 5.41) is 12.6. The van der Waals surface area contributed by atoms with Crippen molar-refractivity contribution >= 4 is 11.3 Å². The second-order valence-corrected chi connectivity index (χ2v) is 4.35. The Kier molecular flexibility index (Phi) is 2.73. The van der Waals surface area contributed by atoms with Crippen LogP contribution in [-0.2, 0) is 6.42 Å². The molecule has 0 amide bonds. The van der Waals surface area contributed by atoms with Gasteiger partial charge in [0.2, 0.25) is 0 Å². The van der Waals surface area contributed by atoms with Crippen molar-refractivity contribution in [3.05, 3.63) is 34.8 Å². The van der Waals surface area contributed by atoms with Crippen LogP contribution in [0.1, 0.15) is 18.2 Å². The van der Waals surface area contributed by atoms with Crippen LogP contribution >= 0.6 is 11.3 Å². The van der Waals surface area contributed by atoms with Gasteiger partial charge in [-0.3, -0.25) is 0 Å². The van der Waals surface area contributed by atoms with Crippen molar-refractivity contribution in [3.8, 4) is 16.3 Å². The first-order valence-corrected chi connectivity index (χ1v) is 5.83. The number of aromatic nitrogens is 1. The lowest BCUT2D eigenvalue weighted by molar-refractivity contribution is 0.469. The van der Waals surface area contributed by atoms with Gasteiger partial charge in [0.1, 0.15) is 10.8 Å². The number of phenolic OH excluding ortho intramolecular Hbond substituents is 1. The van der Waals surface area contributed by atoms with Crippen LogP contribution in [0.2, 0.25) is 0 Å². The average Bonchev–Trinajstić information content (AvgIpc) is 2.66. The molecule has 2 rings (SSSR count). The van der Waals surface area contributed by atoms with Crippen LogP contribution in [-0.4, -0.2) is 10.1 Å². The highest BCUT2D eigenvalue weighted by Crippen LogP contribution is 2.28. The Morgan fingerprint density at radius 2 is 2.20 bits per heavy atom. The summed E-state index contributed by atoms with van der Waals surface area (Å²) in [6, 6.07) is 5.66. The van der Waals surface area contributed by atoms with Gasteiger partial charge in [-0.25, -0.2) is 4.98 Å². The maximum absolute atomic E-state index is 9.57. The molecule has 0 aliphatic rings. The predicted molar refractivity (Wildman–Crippen MR) is 63.3 cm³/mol. The zero-order chi connectivity index (χ0) is 10.8. The molecule has 1 heterocycles. The molecule has 78 valence electrons. The monoisotopic (exact) mass is 219 g/mol. The van der Waals surface area contributed by atoms with Crippen molar-refractivity contribution in [1.82, 2.24) is 4.98 Å². The van der Waals surface area contributed by atoms with Gasteiger partial charge >= 0.3 is 0 Å². The summed E-state index contributed by atoms with van der Waals surface area (Å²) in [5.41, 5.74) is 3.10. The van der Waals surface area contributed by atoms with Crippen molar-refractivity contribution in [1.29, 1.82) is 0 Å². The lowest BCUT2D eigenvalue weighted by Gasteiger charge is -2.03. The molecule has 0 bridgehead atoms. The maximum Gasteiger partial charge on any atom is 0.123 e. The summed E-state index contributed by atoms with van der Waals surface area (Å²) in [4.78, 5) is 4.42. The Labute approximate surface area is 93.2 Å². The number of rotatable bonds is 2. The fraction of sp³-hybridized carbons (Fsp3) is 0.250. The smallest absolute Gasteiger partial charge is 0.123 e. The van der Waals surface area contributed by atoms with Crippen LogP contribution in [0.5, 0.6) is 5.75 Å². The van der Waals surface area contributed by atoms with Crippen LogP contribution in [0, 0.1) is 6.92 Å². The third kappa shape index (κ3) is 2.02. The lowest BCUT2D eigenvalue weighted by atomic mass is 10.1. The number of benzene rings is 1. The van der Waals surface area contributed by atoms with Crippen molar-refractivity contribution in [2.45, 2.75) is 20.3 Å². The predicted octanol–water partition coefficient (Wildman–Crippen LogP) is 3.39. The fourth-order valence-electron chi connectivity index (χ4n) is 1.49. The Hall–Kier alpha value is -1.35. The first kappa shape index (κ1) is 10.2. The van der Waals surface area contributed by atoms with Crippen LogP contribution in [0.25, 0.3) is 10.6 Å². The van der Waals surface area contributed by atoms with E-state index in [-0.39, 0.29) is 0 Å². The highest BCUT2D eigenvalue weighted by Gasteiger charge is 2.05. The van der Waals surface area contributed by atoms with Gasteiger partial charge < -0.3 is 5.11 Å². The molecule has 2 aromatic rings. The van der Waals surface area contributed by atoms with Gasteiger partial charge in [-0.1, -0.05) is 6.92 Å². The van der Waals surface area contributed by atoms with E-state index in [4.69, 9.17) is 0 Å². The molecule has 3 heteroatoms. The highest BCUT2D eigenvalue weighted by atomic mass is 32.1. The van der Waals surface area contributed by atoms with Gasteiger partial charge in [0.15, 0.2) is 0 Å². The summed E-state index contributed by atoms with van der Waals surface area (Å²) in [6.45, 7) is 4.02. The van der Waals surface area contributed by atoms with Crippen LogP contribution in [0.15, 0.2) is 23.6 Å². The molecule has 0 saturated heterocycles. The summed E-state index contributed by atoms with van der Waals surface area (Å²) in [5.74, 6) is 0.370. The standard InChI is InChI=1S/C12H13NOS/c1-3-9-6-10(4-5-11(9)14)12-13-8(2)7-15-12/h4-7,14H,3H2,1-2H3. The lowest BCUT2D eigenvalue weighted by Crippen LogP contribution is -1.84. The number of hydrogen-bond acceptors (Lipinski definition) is 3. The van der Waals surface area contributed by atoms with E-state index in [9.17, 15) is 5.11 Å². The van der Waals surface area contributed by atoms with Crippen LogP contribution in [0.3, 0.4) is 0 Å². The fourth-order valence-corrected chi connectivity index (χ4v) is 2.28. The van der Waals surface area contributed by atoms with E-state index in [0.29, 0.717) is 5.75 Å². The number of hydrogen-bond donors (Lipinski definition) is 1. The molecule has 0 fully saturated rings. The highest BCUT2D eigenvalue weighted by molar-refractivity contribution is 7.13. The maximum atomic E-state index is 9.57. The number of nitrogens with zero attached hydrogens (tertiary/aromatic N) is 1. The third-order valence-electron chi connectivity index (χ3n) is 2.33. The van der Waals surface area contributed by atoms with E-state index in [1.165, 1.54) is 0 Å². The summed E-state index contributed by atoms with van der Waals surface area (Å²) in [6.07, 6.45) is 0.837. The zero-order valence-electron chi connectivity index (χ0n) is 8.82. The van der Waals surface area contributed by atoms with E-state index in [0.717, 1.165) is 28.2 Å². The molecule has 0 atom stereocenters. The summed E-state index contributed by atoms with van der Waals surface area (Å²) >= 11 is 1.63. The SMILES string of the molecule is CCc1cc(-c2nc(C)cs2)ccc1O. The zero-order valence-corrected chi connectivity index (χ0v) is 9.64. The molecule has 1 aromatic carbocycles. The number of phenols is 1. The van der Waals surface area contributed by atoms with Crippen molar-refractivity contribution in [2.24, 2.45) is 0 Å². The molecule has 0 spiro atoms. The van der Waals surface area contributed by atoms with Gasteiger partial charge in [0.25, 0.3) is 0 Å². The van der Waals surface area contributed by atoms with E-state index >= 15 is 0 Å². The molecule has 1 aromatic heterocycles. The van der Waals surface area contributed by atoms with Crippen LogP contribution in [0.4, 0.5) is 0 Å². The summed E-state index contributed by atoms with van der Waals surface area (Å²) in [7, 11) is 0. The molecule has 0 radical (unpaired) electrons. The first-order valence-electron chi connectivity index (χ1n) is 4.95. The Balaban J connectivity index is 2.45. The summed E-state index contributed by atoms with van der Waals surface area (Å²) < 4.78 is 0. The van der Waals surface area contributed by atoms with Gasteiger partial charge in [-0.2, -0.15) is 0 Å². The van der Waals surface area contributed by atoms with E-state index in [2.05, 4.69) is 4.98 Å². The average molecular weight is 219 g/mol. The number of aryl methyl sites for hydroxylation is 2. The molecule has 0 aliphatic heterocycles. The van der Waals surface area contributed by atoms with Crippen LogP contribution < -0.4 is 0 Å². The topological polar surface area (TPSA) is 33.1 Å². The van der Waals surface area contributed by atoms with Gasteiger partial charge in [0.05, 0.1) is 0 Å². The molecule has 0 saturated carbocycles. The van der Waals surface area contributed by atoms with Gasteiger partial charge in [0, 0.05) is 16.6 Å². The number of aromatic hydroxyl groups is 1. The molecular formula is C12H13NOS. The van der Waals surface area contributed by atoms with Crippen molar-refractivity contribution in [3.63, 3.8) is 0 Å². The van der Waals surface area contributed by atoms with Gasteiger partial charge in [-0.05, 0) is 37.1 Å². The Bertz CT molecular complexity index is 476. The molecule has 0 unspecified atom stereocenters. The van der Waals surface area contributed by atoms with E-state index in [1.54, 1.807) is 17.4 Å². The molecule has 15 heavy (non-hydrogen) atoms. The van der Waals surface area contributed by atoms with E-state index < -0.39 is 0 Å². The van der Waals surface area contributed by atoms with Crippen molar-refractivity contribution in [2.75, 3.05) is 0 Å². The molecule has 1 N–H and O–H groups in total. The minimum absolute atomic E-state index is 0.370.